The Morgan fingerprint density at radius 3 is 2.55 bits per heavy atom. The Balaban J connectivity index is 0. The fourth-order valence-corrected chi connectivity index (χ4v) is 1.23. The van der Waals surface area contributed by atoms with Gasteiger partial charge in [0.15, 0.2) is 0 Å². The predicted octanol–water partition coefficient (Wildman–Crippen LogP) is -2.05. The molecule has 0 fully saturated rings. The number of imide groups is 1. The fraction of sp³-hybridized carbons (Fsp3) is 0.286. The first kappa shape index (κ1) is 21.1. The maximum atomic E-state index is 10.4. The molecule has 1 rings (SSSR count). The van der Waals surface area contributed by atoms with Crippen molar-refractivity contribution < 1.29 is 43.9 Å². The van der Waals surface area contributed by atoms with Gasteiger partial charge in [-0.3, -0.25) is 6.07 Å². The van der Waals surface area contributed by atoms with E-state index in [1.807, 2.05) is 25.5 Å². The maximum absolute atomic E-state index is 10.4. The van der Waals surface area contributed by atoms with Crippen molar-refractivity contribution in [2.45, 2.75) is 19.8 Å². The molecule has 1 N–H and O–H groups in total. The summed E-state index contributed by atoms with van der Waals surface area (Å²) in [5.74, 6) is -0.407. The normalized spacial score (nSPS) is 8.35. The molecular weight excluding hydrogens is 267 g/mol. The fourth-order valence-electron chi connectivity index (χ4n) is 1.23. The first-order valence-electron chi connectivity index (χ1n) is 5.67. The number of nitrogens with zero attached hydrogens (tertiary/aromatic N) is 1. The van der Waals surface area contributed by atoms with Gasteiger partial charge in [0.2, 0.25) is 0 Å². The summed E-state index contributed by atoms with van der Waals surface area (Å²) in [5, 5.41) is 1.79. The quantitative estimate of drug-likeness (QED) is 0.384. The molecule has 0 unspecified atom stereocenters. The number of amides is 3. The Bertz CT molecular complexity index is 425. The summed E-state index contributed by atoms with van der Waals surface area (Å²) in [5.41, 5.74) is 1.93. The van der Waals surface area contributed by atoms with Crippen molar-refractivity contribution in [2.75, 3.05) is 11.9 Å². The largest absolute Gasteiger partial charge is 1.00 e. The van der Waals surface area contributed by atoms with E-state index in [0.29, 0.717) is 0 Å². The number of carbonyl (C=O) groups excluding carboxylic acids is 3. The summed E-state index contributed by atoms with van der Waals surface area (Å²) in [7, 11) is 1.68. The van der Waals surface area contributed by atoms with Crippen LogP contribution < -0.4 is 39.8 Å². The first-order valence-corrected chi connectivity index (χ1v) is 5.67. The third-order valence-electron chi connectivity index (χ3n) is 2.19. The predicted molar refractivity (Wildman–Crippen MR) is 72.6 cm³/mol. The summed E-state index contributed by atoms with van der Waals surface area (Å²) >= 11 is 0. The summed E-state index contributed by atoms with van der Waals surface area (Å²) in [6.07, 6.45) is 4.02. The van der Waals surface area contributed by atoms with Gasteiger partial charge in [-0.2, -0.15) is 24.6 Å². The molecule has 0 saturated heterocycles. The van der Waals surface area contributed by atoms with E-state index in [1.165, 1.54) is 11.3 Å². The molecule has 0 aliphatic heterocycles. The molecule has 0 atom stereocenters. The Labute approximate surface area is 142 Å². The summed E-state index contributed by atoms with van der Waals surface area (Å²) < 4.78 is 0. The minimum atomic E-state index is -0.407. The molecule has 0 saturated carbocycles. The van der Waals surface area contributed by atoms with Crippen LogP contribution in [0.15, 0.2) is 18.2 Å². The molecule has 0 bridgehead atoms. The molecule has 3 amide bonds. The van der Waals surface area contributed by atoms with Gasteiger partial charge in [-0.25, -0.2) is 11.3 Å². The number of rotatable bonds is 5. The molecule has 1 aromatic rings. The van der Waals surface area contributed by atoms with Crippen LogP contribution in [0.25, 0.3) is 0 Å². The van der Waals surface area contributed by atoms with Gasteiger partial charge in [-0.1, -0.05) is 13.3 Å². The van der Waals surface area contributed by atoms with Crippen LogP contribution in [0.5, 0.6) is 0 Å². The van der Waals surface area contributed by atoms with Crippen LogP contribution in [0.1, 0.15) is 18.9 Å². The third-order valence-corrected chi connectivity index (χ3v) is 2.19. The third kappa shape index (κ3) is 8.09. The number of anilines is 1. The van der Waals surface area contributed by atoms with Crippen LogP contribution in [0, 0.1) is 13.0 Å². The molecule has 1 aromatic carbocycles. The van der Waals surface area contributed by atoms with E-state index in [9.17, 15) is 14.4 Å². The zero-order valence-electron chi connectivity index (χ0n) is 12.0. The van der Waals surface area contributed by atoms with E-state index in [2.05, 4.69) is 13.0 Å². The SMILES string of the molecule is CCc1ccc[c-]c1N(C)[C-]=O.[CH2-]CC(=O)N[C-]=O.[Na+]. The molecule has 5 nitrogen and oxygen atoms in total. The van der Waals surface area contributed by atoms with Crippen LogP contribution in [0.4, 0.5) is 5.69 Å². The van der Waals surface area contributed by atoms with E-state index < -0.39 is 5.91 Å². The molecule has 0 heterocycles. The average molecular weight is 283 g/mol. The van der Waals surface area contributed by atoms with Crippen molar-refractivity contribution in [3.63, 3.8) is 0 Å². The number of para-hydroxylation sites is 1. The van der Waals surface area contributed by atoms with Gasteiger partial charge in [0.05, 0.1) is 12.8 Å². The standard InChI is InChI=1S/C10H11NO.C4H5NO2.Na/c1-3-9-6-4-5-7-10(9)11(2)8-12;1-2-4(7)5-3-6;/h4-6H,3H2,1-2H3;1-2H2,(H,5,6,7);/q2*-2;+1. The van der Waals surface area contributed by atoms with Gasteiger partial charge in [0.25, 0.3) is 0 Å². The Morgan fingerprint density at radius 2 is 2.15 bits per heavy atom. The second kappa shape index (κ2) is 12.8. The number of hydrogen-bond acceptors (Lipinski definition) is 3. The van der Waals surface area contributed by atoms with E-state index in [4.69, 9.17) is 0 Å². The van der Waals surface area contributed by atoms with Crippen molar-refractivity contribution in [3.8, 4) is 0 Å². The molecular formula is C14H16N2NaO3-3. The van der Waals surface area contributed by atoms with Gasteiger partial charge in [-0.15, -0.1) is 0 Å². The van der Waals surface area contributed by atoms with Gasteiger partial charge in [-0.05, 0) is 7.05 Å². The van der Waals surface area contributed by atoms with E-state index in [1.54, 1.807) is 18.4 Å². The molecule has 6 heteroatoms. The van der Waals surface area contributed by atoms with Crippen molar-refractivity contribution >= 4 is 24.4 Å². The molecule has 104 valence electrons. The van der Waals surface area contributed by atoms with Crippen LogP contribution in [-0.4, -0.2) is 25.8 Å². The van der Waals surface area contributed by atoms with Gasteiger partial charge in [0, 0.05) is 5.91 Å². The van der Waals surface area contributed by atoms with Crippen LogP contribution in [0.2, 0.25) is 0 Å². The Hall–Kier alpha value is -1.17. The Morgan fingerprint density at radius 1 is 1.50 bits per heavy atom. The maximum Gasteiger partial charge on any atom is 1.00 e. The minimum Gasteiger partial charge on any atom is -0.501 e. The summed E-state index contributed by atoms with van der Waals surface area (Å²) in [6, 6.07) is 8.70. The molecule has 0 spiro atoms. The molecule has 0 aliphatic carbocycles. The number of carbonyl (C=O) groups is 1. The first-order chi connectivity index (χ1) is 9.10. The molecule has 0 radical (unpaired) electrons. The molecule has 0 aliphatic rings. The number of nitrogens with one attached hydrogen (secondary N) is 1. The van der Waals surface area contributed by atoms with Crippen LogP contribution in [-0.2, 0) is 20.8 Å². The number of aryl methyl sites for hydroxylation is 1. The van der Waals surface area contributed by atoms with E-state index >= 15 is 0 Å². The monoisotopic (exact) mass is 283 g/mol. The summed E-state index contributed by atoms with van der Waals surface area (Å²) in [6.45, 7) is 5.26. The zero-order chi connectivity index (χ0) is 14.7. The smallest absolute Gasteiger partial charge is 0.501 e. The molecule has 0 aromatic heterocycles. The topological polar surface area (TPSA) is 66.5 Å². The average Bonchev–Trinajstić information content (AvgIpc) is 2.47. The van der Waals surface area contributed by atoms with Gasteiger partial charge >= 0.3 is 29.6 Å². The van der Waals surface area contributed by atoms with Gasteiger partial charge in [0.1, 0.15) is 0 Å². The Kier molecular flexibility index (Phi) is 13.6. The summed E-state index contributed by atoms with van der Waals surface area (Å²) in [4.78, 5) is 31.0. The van der Waals surface area contributed by atoms with Crippen molar-refractivity contribution in [1.82, 2.24) is 5.32 Å². The number of benzene rings is 1. The van der Waals surface area contributed by atoms with Crippen LogP contribution in [0.3, 0.4) is 0 Å². The van der Waals surface area contributed by atoms with Crippen molar-refractivity contribution in [3.05, 3.63) is 36.8 Å². The number of hydrogen-bond donors (Lipinski definition) is 1. The second-order valence-corrected chi connectivity index (χ2v) is 3.45. The van der Waals surface area contributed by atoms with E-state index in [-0.39, 0.29) is 36.0 Å². The van der Waals surface area contributed by atoms with Crippen molar-refractivity contribution in [1.29, 1.82) is 0 Å². The zero-order valence-corrected chi connectivity index (χ0v) is 14.0. The van der Waals surface area contributed by atoms with Crippen molar-refractivity contribution in [2.24, 2.45) is 0 Å². The minimum absolute atomic E-state index is 0. The van der Waals surface area contributed by atoms with Gasteiger partial charge < -0.3 is 31.5 Å². The second-order valence-electron chi connectivity index (χ2n) is 3.45. The van der Waals surface area contributed by atoms with Crippen LogP contribution >= 0.6 is 0 Å². The van der Waals surface area contributed by atoms with E-state index in [0.717, 1.165) is 17.7 Å². The molecule has 20 heavy (non-hydrogen) atoms.